The summed E-state index contributed by atoms with van der Waals surface area (Å²) in [6, 6.07) is 11.0. The third-order valence-electron chi connectivity index (χ3n) is 4.60. The standard InChI is InChI=1S/C17H28N2O/c1-17(14-20,15-8-5-4-6-9-15)13-19-11-7-10-16(12-19)18(2)3/h4-6,8-9,16,20H,7,10-14H2,1-3H3. The zero-order valence-electron chi connectivity index (χ0n) is 13.0. The highest BCUT2D eigenvalue weighted by atomic mass is 16.3. The Morgan fingerprint density at radius 3 is 2.60 bits per heavy atom. The van der Waals surface area contributed by atoms with Crippen molar-refractivity contribution in [2.75, 3.05) is 40.3 Å². The van der Waals surface area contributed by atoms with Crippen LogP contribution < -0.4 is 0 Å². The molecule has 1 aromatic rings. The quantitative estimate of drug-likeness (QED) is 0.890. The van der Waals surface area contributed by atoms with Crippen LogP contribution in [0.15, 0.2) is 30.3 Å². The van der Waals surface area contributed by atoms with Crippen LogP contribution in [0.4, 0.5) is 0 Å². The van der Waals surface area contributed by atoms with Gasteiger partial charge in [0.15, 0.2) is 0 Å². The Morgan fingerprint density at radius 1 is 1.30 bits per heavy atom. The number of benzene rings is 1. The van der Waals surface area contributed by atoms with E-state index in [9.17, 15) is 5.11 Å². The molecule has 0 aromatic heterocycles. The molecule has 2 rings (SSSR count). The Balaban J connectivity index is 2.06. The fraction of sp³-hybridized carbons (Fsp3) is 0.647. The SMILES string of the molecule is CN(C)C1CCCN(CC(C)(CO)c2ccccc2)C1. The summed E-state index contributed by atoms with van der Waals surface area (Å²) >= 11 is 0. The molecule has 0 amide bonds. The van der Waals surface area contributed by atoms with Gasteiger partial charge in [-0.1, -0.05) is 37.3 Å². The van der Waals surface area contributed by atoms with Crippen LogP contribution in [0.3, 0.4) is 0 Å². The number of aliphatic hydroxyl groups excluding tert-OH is 1. The molecule has 1 aromatic carbocycles. The van der Waals surface area contributed by atoms with Crippen LogP contribution in [-0.2, 0) is 5.41 Å². The maximum atomic E-state index is 9.91. The van der Waals surface area contributed by atoms with Crippen LogP contribution >= 0.6 is 0 Å². The van der Waals surface area contributed by atoms with Gasteiger partial charge in [-0.05, 0) is 39.0 Å². The average molecular weight is 276 g/mol. The molecule has 1 heterocycles. The minimum Gasteiger partial charge on any atom is -0.395 e. The van der Waals surface area contributed by atoms with Gasteiger partial charge in [-0.25, -0.2) is 0 Å². The number of likely N-dealkylation sites (tertiary alicyclic amines) is 1. The molecular formula is C17H28N2O. The third-order valence-corrected chi connectivity index (χ3v) is 4.60. The van der Waals surface area contributed by atoms with Crippen molar-refractivity contribution >= 4 is 0 Å². The van der Waals surface area contributed by atoms with Crippen molar-refractivity contribution in [1.82, 2.24) is 9.80 Å². The fourth-order valence-electron chi connectivity index (χ4n) is 3.16. The summed E-state index contributed by atoms with van der Waals surface area (Å²) in [7, 11) is 4.33. The maximum absolute atomic E-state index is 9.91. The first-order valence-electron chi connectivity index (χ1n) is 7.60. The lowest BCUT2D eigenvalue weighted by atomic mass is 9.82. The van der Waals surface area contributed by atoms with Gasteiger partial charge >= 0.3 is 0 Å². The van der Waals surface area contributed by atoms with Crippen LogP contribution in [0.1, 0.15) is 25.3 Å². The van der Waals surface area contributed by atoms with Crippen LogP contribution in [-0.4, -0.2) is 61.3 Å². The van der Waals surface area contributed by atoms with Crippen molar-refractivity contribution in [3.05, 3.63) is 35.9 Å². The first kappa shape index (κ1) is 15.5. The van der Waals surface area contributed by atoms with Gasteiger partial charge in [0.1, 0.15) is 0 Å². The van der Waals surface area contributed by atoms with E-state index in [4.69, 9.17) is 0 Å². The molecule has 0 saturated carbocycles. The molecule has 0 spiro atoms. The molecular weight excluding hydrogens is 248 g/mol. The summed E-state index contributed by atoms with van der Waals surface area (Å²) in [5.74, 6) is 0. The van der Waals surface area contributed by atoms with Crippen LogP contribution in [0.5, 0.6) is 0 Å². The lowest BCUT2D eigenvalue weighted by Crippen LogP contribution is -2.50. The highest BCUT2D eigenvalue weighted by Gasteiger charge is 2.31. The van der Waals surface area contributed by atoms with Crippen LogP contribution in [0.25, 0.3) is 0 Å². The van der Waals surface area contributed by atoms with Crippen molar-refractivity contribution in [3.63, 3.8) is 0 Å². The largest absolute Gasteiger partial charge is 0.395 e. The summed E-state index contributed by atoms with van der Waals surface area (Å²) in [4.78, 5) is 4.84. The molecule has 20 heavy (non-hydrogen) atoms. The summed E-state index contributed by atoms with van der Waals surface area (Å²) < 4.78 is 0. The summed E-state index contributed by atoms with van der Waals surface area (Å²) in [6.45, 7) is 5.54. The normalized spacial score (nSPS) is 23.8. The van der Waals surface area contributed by atoms with E-state index in [-0.39, 0.29) is 12.0 Å². The number of hydrogen-bond donors (Lipinski definition) is 1. The Bertz CT molecular complexity index is 407. The van der Waals surface area contributed by atoms with Gasteiger partial charge in [-0.15, -0.1) is 0 Å². The first-order valence-corrected chi connectivity index (χ1v) is 7.60. The molecule has 1 aliphatic rings. The summed E-state index contributed by atoms with van der Waals surface area (Å²) in [5.41, 5.74) is 1.06. The van der Waals surface area contributed by atoms with E-state index in [0.717, 1.165) is 19.6 Å². The number of likely N-dealkylation sites (N-methyl/N-ethyl adjacent to an activating group) is 1. The Morgan fingerprint density at radius 2 is 2.00 bits per heavy atom. The molecule has 112 valence electrons. The number of hydrogen-bond acceptors (Lipinski definition) is 3. The minimum atomic E-state index is -0.171. The van der Waals surface area contributed by atoms with Crippen molar-refractivity contribution in [1.29, 1.82) is 0 Å². The lowest BCUT2D eigenvalue weighted by Gasteiger charge is -2.41. The maximum Gasteiger partial charge on any atom is 0.0537 e. The van der Waals surface area contributed by atoms with Crippen LogP contribution in [0.2, 0.25) is 0 Å². The molecule has 2 atom stereocenters. The van der Waals surface area contributed by atoms with Crippen LogP contribution in [0, 0.1) is 0 Å². The van der Waals surface area contributed by atoms with Crippen molar-refractivity contribution in [2.24, 2.45) is 0 Å². The highest BCUT2D eigenvalue weighted by Crippen LogP contribution is 2.26. The molecule has 0 bridgehead atoms. The van der Waals surface area contributed by atoms with E-state index in [1.807, 2.05) is 6.07 Å². The molecule has 2 unspecified atom stereocenters. The van der Waals surface area contributed by atoms with Gasteiger partial charge in [0.2, 0.25) is 0 Å². The van der Waals surface area contributed by atoms with Gasteiger partial charge in [0.25, 0.3) is 0 Å². The second-order valence-electron chi connectivity index (χ2n) is 6.58. The van der Waals surface area contributed by atoms with Gasteiger partial charge in [-0.2, -0.15) is 0 Å². The Hall–Kier alpha value is -0.900. The highest BCUT2D eigenvalue weighted by molar-refractivity contribution is 5.25. The number of aliphatic hydroxyl groups is 1. The van der Waals surface area contributed by atoms with Crippen molar-refractivity contribution in [3.8, 4) is 0 Å². The smallest absolute Gasteiger partial charge is 0.0537 e. The topological polar surface area (TPSA) is 26.7 Å². The van der Waals surface area contributed by atoms with Gasteiger partial charge in [-0.3, -0.25) is 0 Å². The molecule has 3 heteroatoms. The van der Waals surface area contributed by atoms with Crippen molar-refractivity contribution < 1.29 is 5.11 Å². The third kappa shape index (κ3) is 3.60. The lowest BCUT2D eigenvalue weighted by molar-refractivity contribution is 0.0907. The van der Waals surface area contributed by atoms with E-state index < -0.39 is 0 Å². The van der Waals surface area contributed by atoms with E-state index in [1.165, 1.54) is 18.4 Å². The zero-order chi connectivity index (χ0) is 14.6. The monoisotopic (exact) mass is 276 g/mol. The van der Waals surface area contributed by atoms with Crippen molar-refractivity contribution in [2.45, 2.75) is 31.2 Å². The van der Waals surface area contributed by atoms with Gasteiger partial charge in [0.05, 0.1) is 6.61 Å². The second-order valence-corrected chi connectivity index (χ2v) is 6.58. The molecule has 0 aliphatic carbocycles. The summed E-state index contributed by atoms with van der Waals surface area (Å²) in [5, 5.41) is 9.91. The Kier molecular flexibility index (Phi) is 5.19. The van der Waals surface area contributed by atoms with Gasteiger partial charge in [0, 0.05) is 24.5 Å². The summed E-state index contributed by atoms with van der Waals surface area (Å²) in [6.07, 6.45) is 2.53. The Labute approximate surface area is 123 Å². The molecule has 1 aliphatic heterocycles. The minimum absolute atomic E-state index is 0.171. The predicted molar refractivity (Wildman–Crippen MR) is 84.0 cm³/mol. The molecule has 1 saturated heterocycles. The molecule has 1 N–H and O–H groups in total. The molecule has 1 fully saturated rings. The van der Waals surface area contributed by atoms with Gasteiger partial charge < -0.3 is 14.9 Å². The molecule has 0 radical (unpaired) electrons. The number of piperidine rings is 1. The van der Waals surface area contributed by atoms with E-state index in [0.29, 0.717) is 6.04 Å². The van der Waals surface area contributed by atoms with E-state index in [1.54, 1.807) is 0 Å². The van der Waals surface area contributed by atoms with E-state index >= 15 is 0 Å². The fourth-order valence-corrected chi connectivity index (χ4v) is 3.16. The number of nitrogens with zero attached hydrogens (tertiary/aromatic N) is 2. The van der Waals surface area contributed by atoms with E-state index in [2.05, 4.69) is 55.1 Å². The zero-order valence-corrected chi connectivity index (χ0v) is 13.0. The first-order chi connectivity index (χ1) is 9.55. The average Bonchev–Trinajstić information content (AvgIpc) is 2.48. The second kappa shape index (κ2) is 6.70. The number of rotatable bonds is 5. The molecule has 3 nitrogen and oxygen atoms in total. The predicted octanol–water partition coefficient (Wildman–Crippen LogP) is 1.96.